The fraction of sp³-hybridized carbons (Fsp3) is 0.360. The third kappa shape index (κ3) is 4.80. The van der Waals surface area contributed by atoms with E-state index in [1.807, 2.05) is 29.7 Å². The molecule has 1 saturated heterocycles. The molecular weight excluding hydrogens is 418 g/mol. The Morgan fingerprint density at radius 2 is 1.94 bits per heavy atom. The molecule has 8 nitrogen and oxygen atoms in total. The number of benzene rings is 1. The van der Waals surface area contributed by atoms with Crippen LogP contribution in [0.25, 0.3) is 16.7 Å². The first-order valence-corrected chi connectivity index (χ1v) is 11.1. The van der Waals surface area contributed by atoms with Gasteiger partial charge in [-0.2, -0.15) is 5.26 Å². The van der Waals surface area contributed by atoms with Gasteiger partial charge in [0.1, 0.15) is 0 Å². The van der Waals surface area contributed by atoms with E-state index < -0.39 is 0 Å². The lowest BCUT2D eigenvalue weighted by molar-refractivity contribution is -0.117. The number of likely N-dealkylation sites (tertiary alicyclic amines) is 1. The summed E-state index contributed by atoms with van der Waals surface area (Å²) in [4.78, 5) is 31.4. The first kappa shape index (κ1) is 22.6. The molecule has 1 aliphatic rings. The van der Waals surface area contributed by atoms with Crippen molar-refractivity contribution >= 4 is 22.7 Å². The van der Waals surface area contributed by atoms with E-state index in [-0.39, 0.29) is 30.8 Å². The molecule has 1 aliphatic heterocycles. The van der Waals surface area contributed by atoms with Crippen molar-refractivity contribution < 1.29 is 14.7 Å². The molecule has 170 valence electrons. The molecule has 1 fully saturated rings. The normalized spacial score (nSPS) is 14.9. The minimum absolute atomic E-state index is 0.0151. The van der Waals surface area contributed by atoms with E-state index in [2.05, 4.69) is 16.0 Å². The van der Waals surface area contributed by atoms with Gasteiger partial charge in [-0.05, 0) is 62.1 Å². The van der Waals surface area contributed by atoms with Crippen LogP contribution in [0, 0.1) is 18.3 Å². The first-order valence-electron chi connectivity index (χ1n) is 11.1. The van der Waals surface area contributed by atoms with Crippen molar-refractivity contribution in [2.24, 2.45) is 5.73 Å². The van der Waals surface area contributed by atoms with Gasteiger partial charge in [-0.15, -0.1) is 0 Å². The molecule has 4 rings (SSSR count). The number of piperidine rings is 1. The van der Waals surface area contributed by atoms with E-state index in [9.17, 15) is 14.7 Å². The molecule has 1 aromatic carbocycles. The van der Waals surface area contributed by atoms with Crippen molar-refractivity contribution in [3.05, 3.63) is 58.9 Å². The number of ketones is 1. The van der Waals surface area contributed by atoms with E-state index in [0.717, 1.165) is 22.5 Å². The molecule has 0 radical (unpaired) electrons. The Balaban J connectivity index is 1.77. The van der Waals surface area contributed by atoms with Gasteiger partial charge >= 0.3 is 0 Å². The van der Waals surface area contributed by atoms with E-state index in [1.165, 1.54) is 0 Å². The van der Waals surface area contributed by atoms with E-state index >= 15 is 0 Å². The highest BCUT2D eigenvalue weighted by Crippen LogP contribution is 2.30. The molecule has 0 aliphatic carbocycles. The predicted molar refractivity (Wildman–Crippen MR) is 124 cm³/mol. The first-order chi connectivity index (χ1) is 15.9. The Kier molecular flexibility index (Phi) is 6.54. The quantitative estimate of drug-likeness (QED) is 0.538. The summed E-state index contributed by atoms with van der Waals surface area (Å²) >= 11 is 0. The summed E-state index contributed by atoms with van der Waals surface area (Å²) < 4.78 is 1.98. The number of nitrogens with zero attached hydrogens (tertiary/aromatic N) is 4. The average Bonchev–Trinajstić information content (AvgIpc) is 3.10. The lowest BCUT2D eigenvalue weighted by atomic mass is 10.1. The van der Waals surface area contributed by atoms with Gasteiger partial charge in [0.2, 0.25) is 5.91 Å². The Hall–Kier alpha value is -3.54. The van der Waals surface area contributed by atoms with Crippen LogP contribution < -0.4 is 5.73 Å². The van der Waals surface area contributed by atoms with Crippen LogP contribution >= 0.6 is 0 Å². The van der Waals surface area contributed by atoms with Crippen molar-refractivity contribution in [2.45, 2.75) is 38.7 Å². The van der Waals surface area contributed by atoms with Crippen LogP contribution in [0.4, 0.5) is 0 Å². The standard InChI is InChI=1S/C25H27N5O3/c1-16-24(22(32)15-29-10-8-20(31)9-11-29)25-21(12-18(14-28-25)4-7-23(27)33)30(16)19-5-2-17(13-26)3-6-19/h2-3,5-6,12,14,20,31H,4,7-11,15H2,1H3,(H2,27,33). The summed E-state index contributed by atoms with van der Waals surface area (Å²) in [7, 11) is 0. The fourth-order valence-corrected chi connectivity index (χ4v) is 4.44. The van der Waals surface area contributed by atoms with Gasteiger partial charge in [0.15, 0.2) is 5.78 Å². The SMILES string of the molecule is Cc1c(C(=O)CN2CCC(O)CC2)c2ncc(CCC(N)=O)cc2n1-c1ccc(C#N)cc1. The van der Waals surface area contributed by atoms with E-state index in [1.54, 1.807) is 18.3 Å². The van der Waals surface area contributed by atoms with Crippen LogP contribution in [0.3, 0.4) is 0 Å². The lowest BCUT2D eigenvalue weighted by Crippen LogP contribution is -2.39. The average molecular weight is 446 g/mol. The summed E-state index contributed by atoms with van der Waals surface area (Å²) in [6.07, 6.45) is 3.42. The zero-order valence-electron chi connectivity index (χ0n) is 18.6. The van der Waals surface area contributed by atoms with Crippen molar-refractivity contribution in [3.8, 4) is 11.8 Å². The van der Waals surface area contributed by atoms with Gasteiger partial charge in [-0.25, -0.2) is 0 Å². The second-order valence-electron chi connectivity index (χ2n) is 8.56. The molecular formula is C25H27N5O3. The third-order valence-electron chi connectivity index (χ3n) is 6.22. The Labute approximate surface area is 192 Å². The van der Waals surface area contributed by atoms with E-state index in [0.29, 0.717) is 49.0 Å². The molecule has 3 N–H and O–H groups in total. The number of fused-ring (bicyclic) bond motifs is 1. The van der Waals surface area contributed by atoms with Gasteiger partial charge in [0.25, 0.3) is 0 Å². The smallest absolute Gasteiger partial charge is 0.217 e. The molecule has 0 spiro atoms. The predicted octanol–water partition coefficient (Wildman–Crippen LogP) is 2.26. The Morgan fingerprint density at radius 1 is 1.24 bits per heavy atom. The molecule has 8 heteroatoms. The number of aliphatic hydroxyl groups is 1. The number of nitriles is 1. The highest BCUT2D eigenvalue weighted by Gasteiger charge is 2.25. The number of amides is 1. The molecule has 2 aromatic heterocycles. The van der Waals surface area contributed by atoms with Gasteiger partial charge in [-0.1, -0.05) is 0 Å². The fourth-order valence-electron chi connectivity index (χ4n) is 4.44. The van der Waals surface area contributed by atoms with Crippen LogP contribution in [-0.4, -0.2) is 57.0 Å². The third-order valence-corrected chi connectivity index (χ3v) is 6.22. The molecule has 33 heavy (non-hydrogen) atoms. The van der Waals surface area contributed by atoms with Crippen molar-refractivity contribution in [2.75, 3.05) is 19.6 Å². The number of hydrogen-bond donors (Lipinski definition) is 2. The summed E-state index contributed by atoms with van der Waals surface area (Å²) in [6.45, 7) is 3.54. The monoisotopic (exact) mass is 445 g/mol. The number of Topliss-reactive ketones (excluding diaryl/α,β-unsaturated/α-hetero) is 1. The topological polar surface area (TPSA) is 125 Å². The summed E-state index contributed by atoms with van der Waals surface area (Å²) in [6, 6.07) is 11.3. The maximum Gasteiger partial charge on any atom is 0.217 e. The number of hydrogen-bond acceptors (Lipinski definition) is 6. The van der Waals surface area contributed by atoms with Crippen LogP contribution in [0.1, 0.15) is 46.4 Å². The molecule has 0 bridgehead atoms. The number of nitrogens with two attached hydrogens (primary N) is 1. The molecule has 0 atom stereocenters. The number of aryl methyl sites for hydroxylation is 1. The molecule has 0 saturated carbocycles. The van der Waals surface area contributed by atoms with Gasteiger partial charge in [0, 0.05) is 37.1 Å². The maximum absolute atomic E-state index is 13.4. The summed E-state index contributed by atoms with van der Waals surface area (Å²) in [5, 5.41) is 18.9. The zero-order valence-corrected chi connectivity index (χ0v) is 18.6. The minimum atomic E-state index is -0.378. The number of carbonyl (C=O) groups excluding carboxylic acids is 2. The number of primary amides is 1. The van der Waals surface area contributed by atoms with Crippen LogP contribution in [0.5, 0.6) is 0 Å². The highest BCUT2D eigenvalue weighted by molar-refractivity contribution is 6.09. The molecule has 0 unspecified atom stereocenters. The number of aromatic nitrogens is 2. The second-order valence-corrected chi connectivity index (χ2v) is 8.56. The van der Waals surface area contributed by atoms with Gasteiger partial charge in [-0.3, -0.25) is 19.5 Å². The summed E-state index contributed by atoms with van der Waals surface area (Å²) in [5.74, 6) is -0.394. The molecule has 3 aromatic rings. The van der Waals surface area contributed by atoms with Crippen LogP contribution in [0.15, 0.2) is 36.5 Å². The largest absolute Gasteiger partial charge is 0.393 e. The lowest BCUT2D eigenvalue weighted by Gasteiger charge is -2.28. The Morgan fingerprint density at radius 3 is 2.58 bits per heavy atom. The van der Waals surface area contributed by atoms with Crippen molar-refractivity contribution in [1.29, 1.82) is 5.26 Å². The number of pyridine rings is 1. The Bertz CT molecular complexity index is 1230. The number of carbonyl (C=O) groups is 2. The van der Waals surface area contributed by atoms with E-state index in [4.69, 9.17) is 11.0 Å². The van der Waals surface area contributed by atoms with Crippen molar-refractivity contribution in [1.82, 2.24) is 14.5 Å². The van der Waals surface area contributed by atoms with Gasteiger partial charge < -0.3 is 15.4 Å². The zero-order chi connectivity index (χ0) is 23.5. The maximum atomic E-state index is 13.4. The molecule has 1 amide bonds. The molecule has 3 heterocycles. The minimum Gasteiger partial charge on any atom is -0.393 e. The summed E-state index contributed by atoms with van der Waals surface area (Å²) in [5.41, 5.74) is 10.3. The number of rotatable bonds is 7. The second kappa shape index (κ2) is 9.53. The van der Waals surface area contributed by atoms with Crippen LogP contribution in [-0.2, 0) is 11.2 Å². The highest BCUT2D eigenvalue weighted by atomic mass is 16.3. The van der Waals surface area contributed by atoms with Crippen molar-refractivity contribution in [3.63, 3.8) is 0 Å². The van der Waals surface area contributed by atoms with Gasteiger partial charge in [0.05, 0.1) is 40.9 Å². The van der Waals surface area contributed by atoms with Crippen LogP contribution in [0.2, 0.25) is 0 Å². The number of aliphatic hydroxyl groups excluding tert-OH is 1.